The molecular formula is C10H15NO3. The summed E-state index contributed by atoms with van der Waals surface area (Å²) >= 11 is 0. The minimum Gasteiger partial charge on any atom is -0.477 e. The SMILES string of the molecule is Cc1ccn(CCCCO)c1C(=O)O. The standard InChI is InChI=1S/C10H15NO3/c1-8-4-6-11(5-2-3-7-12)9(8)10(13)14/h4,6,12H,2-3,5,7H2,1H3,(H,13,14). The van der Waals surface area contributed by atoms with E-state index in [9.17, 15) is 4.79 Å². The number of aliphatic hydroxyl groups is 1. The second-order valence-electron chi connectivity index (χ2n) is 3.28. The van der Waals surface area contributed by atoms with Gasteiger partial charge in [0.1, 0.15) is 5.69 Å². The molecule has 1 aromatic heterocycles. The molecule has 0 aliphatic heterocycles. The van der Waals surface area contributed by atoms with E-state index in [2.05, 4.69) is 0 Å². The Hall–Kier alpha value is -1.29. The van der Waals surface area contributed by atoms with Crippen LogP contribution in [-0.2, 0) is 6.54 Å². The Morgan fingerprint density at radius 3 is 2.79 bits per heavy atom. The fraction of sp³-hybridized carbons (Fsp3) is 0.500. The summed E-state index contributed by atoms with van der Waals surface area (Å²) in [5.41, 5.74) is 1.13. The van der Waals surface area contributed by atoms with Crippen LogP contribution in [0.1, 0.15) is 28.9 Å². The fourth-order valence-electron chi connectivity index (χ4n) is 1.45. The molecule has 0 atom stereocenters. The number of hydrogen-bond donors (Lipinski definition) is 2. The minimum atomic E-state index is -0.892. The highest BCUT2D eigenvalue weighted by atomic mass is 16.4. The molecule has 0 unspecified atom stereocenters. The molecule has 0 aliphatic rings. The van der Waals surface area contributed by atoms with Crippen molar-refractivity contribution in [3.63, 3.8) is 0 Å². The van der Waals surface area contributed by atoms with E-state index in [4.69, 9.17) is 10.2 Å². The Bertz CT molecular complexity index is 317. The fourth-order valence-corrected chi connectivity index (χ4v) is 1.45. The molecule has 1 aromatic rings. The molecule has 0 aliphatic carbocycles. The van der Waals surface area contributed by atoms with E-state index in [-0.39, 0.29) is 6.61 Å². The summed E-state index contributed by atoms with van der Waals surface area (Å²) in [5, 5.41) is 17.5. The van der Waals surface area contributed by atoms with Crippen molar-refractivity contribution in [3.05, 3.63) is 23.5 Å². The molecule has 4 heteroatoms. The zero-order chi connectivity index (χ0) is 10.6. The van der Waals surface area contributed by atoms with Gasteiger partial charge in [0, 0.05) is 19.3 Å². The number of carboxylic acid groups (broad SMARTS) is 1. The molecule has 2 N–H and O–H groups in total. The molecule has 1 rings (SSSR count). The van der Waals surface area contributed by atoms with Gasteiger partial charge in [-0.05, 0) is 31.4 Å². The lowest BCUT2D eigenvalue weighted by Gasteiger charge is -2.05. The summed E-state index contributed by atoms with van der Waals surface area (Å²) in [6.45, 7) is 2.59. The lowest BCUT2D eigenvalue weighted by Crippen LogP contribution is -2.09. The molecule has 1 heterocycles. The third kappa shape index (κ3) is 2.35. The molecule has 0 radical (unpaired) electrons. The molecule has 14 heavy (non-hydrogen) atoms. The van der Waals surface area contributed by atoms with Crippen LogP contribution >= 0.6 is 0 Å². The number of hydrogen-bond acceptors (Lipinski definition) is 2. The smallest absolute Gasteiger partial charge is 0.352 e. The Morgan fingerprint density at radius 2 is 2.21 bits per heavy atom. The van der Waals surface area contributed by atoms with Crippen LogP contribution in [0.2, 0.25) is 0 Å². The van der Waals surface area contributed by atoms with Crippen molar-refractivity contribution in [2.75, 3.05) is 6.61 Å². The van der Waals surface area contributed by atoms with Crippen molar-refractivity contribution >= 4 is 5.97 Å². The predicted octanol–water partition coefficient (Wildman–Crippen LogP) is 1.27. The van der Waals surface area contributed by atoms with Crippen molar-refractivity contribution in [1.82, 2.24) is 4.57 Å². The highest BCUT2D eigenvalue weighted by Gasteiger charge is 2.12. The van der Waals surface area contributed by atoms with Crippen molar-refractivity contribution in [3.8, 4) is 0 Å². The van der Waals surface area contributed by atoms with Gasteiger partial charge >= 0.3 is 5.97 Å². The van der Waals surface area contributed by atoms with E-state index < -0.39 is 5.97 Å². The Balaban J connectivity index is 2.71. The van der Waals surface area contributed by atoms with Gasteiger partial charge in [-0.3, -0.25) is 0 Å². The van der Waals surface area contributed by atoms with Crippen LogP contribution in [-0.4, -0.2) is 27.4 Å². The van der Waals surface area contributed by atoms with Gasteiger partial charge in [0.25, 0.3) is 0 Å². The van der Waals surface area contributed by atoms with Gasteiger partial charge < -0.3 is 14.8 Å². The number of aliphatic hydroxyl groups excluding tert-OH is 1. The number of carbonyl (C=O) groups is 1. The third-order valence-corrected chi connectivity index (χ3v) is 2.17. The van der Waals surface area contributed by atoms with E-state index in [0.717, 1.165) is 12.0 Å². The number of nitrogens with zero attached hydrogens (tertiary/aromatic N) is 1. The normalized spacial score (nSPS) is 10.4. The zero-order valence-corrected chi connectivity index (χ0v) is 8.23. The van der Waals surface area contributed by atoms with Crippen LogP contribution in [0, 0.1) is 6.92 Å². The molecule has 4 nitrogen and oxygen atoms in total. The summed E-state index contributed by atoms with van der Waals surface area (Å²) in [5.74, 6) is -0.892. The first-order valence-corrected chi connectivity index (χ1v) is 4.66. The highest BCUT2D eigenvalue weighted by Crippen LogP contribution is 2.10. The van der Waals surface area contributed by atoms with Crippen molar-refractivity contribution in [2.45, 2.75) is 26.3 Å². The van der Waals surface area contributed by atoms with E-state index in [0.29, 0.717) is 18.7 Å². The Labute approximate surface area is 82.8 Å². The second kappa shape index (κ2) is 4.81. The van der Waals surface area contributed by atoms with Crippen LogP contribution in [0.5, 0.6) is 0 Å². The lowest BCUT2D eigenvalue weighted by molar-refractivity contribution is 0.0684. The number of aryl methyl sites for hydroxylation is 2. The van der Waals surface area contributed by atoms with Crippen LogP contribution in [0.15, 0.2) is 12.3 Å². The average Bonchev–Trinajstić information content (AvgIpc) is 2.47. The maximum absolute atomic E-state index is 10.9. The average molecular weight is 197 g/mol. The first-order chi connectivity index (χ1) is 6.66. The maximum Gasteiger partial charge on any atom is 0.352 e. The molecule has 0 saturated carbocycles. The number of rotatable bonds is 5. The lowest BCUT2D eigenvalue weighted by atomic mass is 10.2. The van der Waals surface area contributed by atoms with E-state index in [1.54, 1.807) is 23.8 Å². The van der Waals surface area contributed by atoms with Crippen molar-refractivity contribution in [2.24, 2.45) is 0 Å². The maximum atomic E-state index is 10.9. The Morgan fingerprint density at radius 1 is 1.50 bits per heavy atom. The minimum absolute atomic E-state index is 0.155. The van der Waals surface area contributed by atoms with Gasteiger partial charge in [-0.2, -0.15) is 0 Å². The van der Waals surface area contributed by atoms with Gasteiger partial charge in [-0.15, -0.1) is 0 Å². The number of unbranched alkanes of at least 4 members (excludes halogenated alkanes) is 1. The predicted molar refractivity (Wildman–Crippen MR) is 52.4 cm³/mol. The largest absolute Gasteiger partial charge is 0.477 e. The van der Waals surface area contributed by atoms with Gasteiger partial charge in [0.15, 0.2) is 0 Å². The van der Waals surface area contributed by atoms with Gasteiger partial charge in [0.2, 0.25) is 0 Å². The molecule has 0 bridgehead atoms. The molecule has 78 valence electrons. The van der Waals surface area contributed by atoms with Crippen LogP contribution in [0.4, 0.5) is 0 Å². The third-order valence-electron chi connectivity index (χ3n) is 2.17. The summed E-state index contributed by atoms with van der Waals surface area (Å²) in [6.07, 6.45) is 3.28. The first-order valence-electron chi connectivity index (χ1n) is 4.66. The van der Waals surface area contributed by atoms with E-state index in [1.807, 2.05) is 0 Å². The summed E-state index contributed by atoms with van der Waals surface area (Å²) < 4.78 is 1.72. The summed E-state index contributed by atoms with van der Waals surface area (Å²) in [4.78, 5) is 10.9. The molecule has 0 saturated heterocycles. The quantitative estimate of drug-likeness (QED) is 0.699. The Kier molecular flexibility index (Phi) is 3.71. The van der Waals surface area contributed by atoms with E-state index >= 15 is 0 Å². The second-order valence-corrected chi connectivity index (χ2v) is 3.28. The van der Waals surface area contributed by atoms with Gasteiger partial charge in [-0.1, -0.05) is 0 Å². The number of aromatic nitrogens is 1. The first kappa shape index (κ1) is 10.8. The summed E-state index contributed by atoms with van der Waals surface area (Å²) in [6, 6.07) is 1.79. The summed E-state index contributed by atoms with van der Waals surface area (Å²) in [7, 11) is 0. The van der Waals surface area contributed by atoms with E-state index in [1.165, 1.54) is 0 Å². The van der Waals surface area contributed by atoms with Crippen molar-refractivity contribution in [1.29, 1.82) is 0 Å². The zero-order valence-electron chi connectivity index (χ0n) is 8.23. The monoisotopic (exact) mass is 197 g/mol. The molecule has 0 aromatic carbocycles. The molecule has 0 spiro atoms. The van der Waals surface area contributed by atoms with Gasteiger partial charge in [-0.25, -0.2) is 4.79 Å². The topological polar surface area (TPSA) is 62.5 Å². The molecule has 0 fully saturated rings. The highest BCUT2D eigenvalue weighted by molar-refractivity contribution is 5.87. The number of aromatic carboxylic acids is 1. The van der Waals surface area contributed by atoms with Crippen molar-refractivity contribution < 1.29 is 15.0 Å². The van der Waals surface area contributed by atoms with Gasteiger partial charge in [0.05, 0.1) is 0 Å². The van der Waals surface area contributed by atoms with Crippen LogP contribution in [0.3, 0.4) is 0 Å². The van der Waals surface area contributed by atoms with Crippen LogP contribution in [0.25, 0.3) is 0 Å². The number of carboxylic acids is 1. The molecule has 0 amide bonds. The van der Waals surface area contributed by atoms with Crippen LogP contribution < -0.4 is 0 Å². The molecular weight excluding hydrogens is 182 g/mol.